The molecule has 1 atom stereocenters. The van der Waals surface area contributed by atoms with Gasteiger partial charge in [-0.05, 0) is 28.8 Å². The van der Waals surface area contributed by atoms with E-state index in [1.54, 1.807) is 7.11 Å². The molecule has 0 bridgehead atoms. The van der Waals surface area contributed by atoms with Crippen molar-refractivity contribution in [2.75, 3.05) is 7.11 Å². The summed E-state index contributed by atoms with van der Waals surface area (Å²) in [5, 5.41) is 3.53. The summed E-state index contributed by atoms with van der Waals surface area (Å²) in [4.78, 5) is 0. The molecule has 0 fully saturated rings. The average Bonchev–Trinajstić information content (AvgIpc) is 2.83. The Labute approximate surface area is 101 Å². The van der Waals surface area contributed by atoms with E-state index in [1.165, 1.54) is 16.7 Å². The van der Waals surface area contributed by atoms with Crippen molar-refractivity contribution in [2.24, 2.45) is 0 Å². The molecule has 0 spiro atoms. The minimum absolute atomic E-state index is 0.317. The van der Waals surface area contributed by atoms with Crippen molar-refractivity contribution in [1.29, 1.82) is 0 Å². The van der Waals surface area contributed by atoms with Gasteiger partial charge >= 0.3 is 0 Å². The van der Waals surface area contributed by atoms with Crippen LogP contribution in [0.2, 0.25) is 0 Å². The van der Waals surface area contributed by atoms with Crippen molar-refractivity contribution in [3.63, 3.8) is 0 Å². The van der Waals surface area contributed by atoms with E-state index in [2.05, 4.69) is 41.7 Å². The smallest absolute Gasteiger partial charge is 0.118 e. The lowest BCUT2D eigenvalue weighted by Crippen LogP contribution is -2.13. The fourth-order valence-electron chi connectivity index (χ4n) is 2.39. The van der Waals surface area contributed by atoms with Crippen molar-refractivity contribution < 1.29 is 4.74 Å². The number of ether oxygens (including phenoxy) is 1. The van der Waals surface area contributed by atoms with Gasteiger partial charge in [-0.1, -0.05) is 36.4 Å². The Morgan fingerprint density at radius 1 is 1.06 bits per heavy atom. The molecule has 2 heteroatoms. The van der Waals surface area contributed by atoms with Gasteiger partial charge in [-0.2, -0.15) is 0 Å². The van der Waals surface area contributed by atoms with Crippen LogP contribution in [0.15, 0.2) is 48.5 Å². The van der Waals surface area contributed by atoms with E-state index in [0.717, 1.165) is 12.3 Å². The molecule has 0 saturated carbocycles. The minimum Gasteiger partial charge on any atom is -0.497 e. The van der Waals surface area contributed by atoms with Gasteiger partial charge in [0.15, 0.2) is 0 Å². The predicted molar refractivity (Wildman–Crippen MR) is 68.1 cm³/mol. The van der Waals surface area contributed by atoms with Gasteiger partial charge in [-0.25, -0.2) is 0 Å². The van der Waals surface area contributed by atoms with Gasteiger partial charge in [0, 0.05) is 6.54 Å². The molecule has 2 nitrogen and oxygen atoms in total. The maximum Gasteiger partial charge on any atom is 0.118 e. The van der Waals surface area contributed by atoms with Crippen molar-refractivity contribution in [3.8, 4) is 5.75 Å². The number of rotatable bonds is 2. The summed E-state index contributed by atoms with van der Waals surface area (Å²) in [6.07, 6.45) is 0. The van der Waals surface area contributed by atoms with E-state index < -0.39 is 0 Å². The molecule has 0 amide bonds. The van der Waals surface area contributed by atoms with Gasteiger partial charge < -0.3 is 10.1 Å². The Bertz CT molecular complexity index is 519. The second-order valence-electron chi connectivity index (χ2n) is 4.29. The predicted octanol–water partition coefficient (Wildman–Crippen LogP) is 2.89. The van der Waals surface area contributed by atoms with Crippen LogP contribution in [0.5, 0.6) is 5.75 Å². The zero-order valence-corrected chi connectivity index (χ0v) is 9.81. The number of hydrogen-bond donors (Lipinski definition) is 1. The van der Waals surface area contributed by atoms with Crippen molar-refractivity contribution in [1.82, 2.24) is 5.32 Å². The van der Waals surface area contributed by atoms with Crippen LogP contribution in [-0.4, -0.2) is 7.11 Å². The van der Waals surface area contributed by atoms with Crippen LogP contribution in [0.4, 0.5) is 0 Å². The Balaban J connectivity index is 1.95. The highest BCUT2D eigenvalue weighted by atomic mass is 16.5. The Morgan fingerprint density at radius 2 is 1.82 bits per heavy atom. The summed E-state index contributed by atoms with van der Waals surface area (Å²) >= 11 is 0. The van der Waals surface area contributed by atoms with Crippen LogP contribution >= 0.6 is 0 Å². The number of methoxy groups -OCH3 is 1. The van der Waals surface area contributed by atoms with Crippen LogP contribution in [0.25, 0.3) is 0 Å². The van der Waals surface area contributed by atoms with Crippen LogP contribution in [0.3, 0.4) is 0 Å². The fourth-order valence-corrected chi connectivity index (χ4v) is 2.39. The molecule has 17 heavy (non-hydrogen) atoms. The third-order valence-corrected chi connectivity index (χ3v) is 3.31. The van der Waals surface area contributed by atoms with Crippen LogP contribution in [-0.2, 0) is 6.54 Å². The minimum atomic E-state index is 0.317. The highest BCUT2D eigenvalue weighted by Gasteiger charge is 2.22. The Hall–Kier alpha value is -1.80. The summed E-state index contributed by atoms with van der Waals surface area (Å²) in [7, 11) is 1.69. The lowest BCUT2D eigenvalue weighted by atomic mass is 9.98. The lowest BCUT2D eigenvalue weighted by Gasteiger charge is -2.13. The zero-order chi connectivity index (χ0) is 11.7. The molecular weight excluding hydrogens is 210 g/mol. The van der Waals surface area contributed by atoms with Gasteiger partial charge in [-0.15, -0.1) is 0 Å². The standard InChI is InChI=1S/C15H15NO/c1-17-13-8-6-11(7-9-13)15-14-5-3-2-4-12(14)10-16-15/h2-9,15-16H,10H2,1H3. The first-order valence-corrected chi connectivity index (χ1v) is 5.83. The fraction of sp³-hybridized carbons (Fsp3) is 0.200. The number of fused-ring (bicyclic) bond motifs is 1. The Kier molecular flexibility index (Phi) is 2.57. The van der Waals surface area contributed by atoms with Crippen LogP contribution in [0.1, 0.15) is 22.7 Å². The molecule has 1 unspecified atom stereocenters. The first-order chi connectivity index (χ1) is 8.38. The average molecular weight is 225 g/mol. The molecule has 1 aliphatic rings. The van der Waals surface area contributed by atoms with Crippen LogP contribution < -0.4 is 10.1 Å². The van der Waals surface area contributed by atoms with E-state index in [9.17, 15) is 0 Å². The van der Waals surface area contributed by atoms with E-state index in [0.29, 0.717) is 6.04 Å². The highest BCUT2D eigenvalue weighted by Crippen LogP contribution is 2.31. The maximum atomic E-state index is 5.18. The first kappa shape index (κ1) is 10.4. The largest absolute Gasteiger partial charge is 0.497 e. The summed E-state index contributed by atoms with van der Waals surface area (Å²) in [5.41, 5.74) is 4.07. The molecule has 0 radical (unpaired) electrons. The Morgan fingerprint density at radius 3 is 2.59 bits per heavy atom. The number of benzene rings is 2. The third-order valence-electron chi connectivity index (χ3n) is 3.31. The molecule has 0 saturated heterocycles. The number of hydrogen-bond acceptors (Lipinski definition) is 2. The van der Waals surface area contributed by atoms with E-state index in [1.807, 2.05) is 12.1 Å². The molecule has 1 aliphatic heterocycles. The second kappa shape index (κ2) is 4.22. The van der Waals surface area contributed by atoms with Gasteiger partial charge in [0.1, 0.15) is 5.75 Å². The summed E-state index contributed by atoms with van der Waals surface area (Å²) in [6, 6.07) is 17.2. The third kappa shape index (κ3) is 1.81. The topological polar surface area (TPSA) is 21.3 Å². The number of nitrogens with one attached hydrogen (secondary N) is 1. The lowest BCUT2D eigenvalue weighted by molar-refractivity contribution is 0.414. The van der Waals surface area contributed by atoms with Crippen molar-refractivity contribution >= 4 is 0 Å². The van der Waals surface area contributed by atoms with E-state index >= 15 is 0 Å². The summed E-state index contributed by atoms with van der Waals surface area (Å²) in [6.45, 7) is 0.951. The molecule has 2 aromatic rings. The van der Waals surface area contributed by atoms with Crippen molar-refractivity contribution in [3.05, 3.63) is 65.2 Å². The second-order valence-corrected chi connectivity index (χ2v) is 4.29. The van der Waals surface area contributed by atoms with Gasteiger partial charge in [0.25, 0.3) is 0 Å². The molecule has 2 aromatic carbocycles. The first-order valence-electron chi connectivity index (χ1n) is 5.83. The zero-order valence-electron chi connectivity index (χ0n) is 9.81. The van der Waals surface area contributed by atoms with Gasteiger partial charge in [0.05, 0.1) is 13.2 Å². The summed E-state index contributed by atoms with van der Waals surface area (Å²) < 4.78 is 5.18. The van der Waals surface area contributed by atoms with Gasteiger partial charge in [0.2, 0.25) is 0 Å². The maximum absolute atomic E-state index is 5.18. The van der Waals surface area contributed by atoms with E-state index in [4.69, 9.17) is 4.74 Å². The SMILES string of the molecule is COc1ccc(C2NCc3ccccc32)cc1. The summed E-state index contributed by atoms with van der Waals surface area (Å²) in [5.74, 6) is 0.903. The van der Waals surface area contributed by atoms with Crippen LogP contribution in [0, 0.1) is 0 Å². The molecule has 86 valence electrons. The quantitative estimate of drug-likeness (QED) is 0.848. The van der Waals surface area contributed by atoms with Gasteiger partial charge in [-0.3, -0.25) is 0 Å². The van der Waals surface area contributed by atoms with E-state index in [-0.39, 0.29) is 0 Å². The highest BCUT2D eigenvalue weighted by molar-refractivity contribution is 5.42. The molecule has 3 rings (SSSR count). The molecular formula is C15H15NO. The molecule has 0 aromatic heterocycles. The molecule has 1 N–H and O–H groups in total. The monoisotopic (exact) mass is 225 g/mol. The molecule has 0 aliphatic carbocycles. The normalized spacial score (nSPS) is 17.8. The molecule has 1 heterocycles. The van der Waals surface area contributed by atoms with Crippen molar-refractivity contribution in [2.45, 2.75) is 12.6 Å².